The summed E-state index contributed by atoms with van der Waals surface area (Å²) in [5.41, 5.74) is 5.90. The standard InChI is InChI=1S/C31H43N3O14/c1-17(35)33-27-24(44-19(3)37)15-31(30(41)42-6,47-23-12-10-22(11-13-23)34-26(40)9-7-8-14-32)48-29(27)28(46-21(5)39)25(45-20(4)38)16-43-18(2)36/h10-13,24-25,27-29H,7-9,14-16,32H2,1-6H3,(H,33,35)(H,34,40)/t24-,25+,27+,28+,29+,31+/m0/s1. The third-order valence-corrected chi connectivity index (χ3v) is 6.77. The van der Waals surface area contributed by atoms with Crippen LogP contribution < -0.4 is 21.1 Å². The zero-order valence-corrected chi connectivity index (χ0v) is 27.7. The summed E-state index contributed by atoms with van der Waals surface area (Å²) in [4.78, 5) is 86.6. The van der Waals surface area contributed by atoms with Gasteiger partial charge in [0.15, 0.2) is 12.2 Å². The van der Waals surface area contributed by atoms with Crippen molar-refractivity contribution in [3.05, 3.63) is 24.3 Å². The first-order valence-electron chi connectivity index (χ1n) is 15.1. The van der Waals surface area contributed by atoms with E-state index < -0.39 is 85.0 Å². The van der Waals surface area contributed by atoms with E-state index in [1.54, 1.807) is 0 Å². The Labute approximate surface area is 277 Å². The molecule has 1 aromatic carbocycles. The summed E-state index contributed by atoms with van der Waals surface area (Å²) in [6.45, 7) is 5.25. The van der Waals surface area contributed by atoms with Gasteiger partial charge in [-0.05, 0) is 43.7 Å². The number of nitrogens with two attached hydrogens (primary N) is 1. The third-order valence-electron chi connectivity index (χ3n) is 6.77. The molecule has 2 rings (SSSR count). The van der Waals surface area contributed by atoms with Gasteiger partial charge in [0, 0.05) is 46.7 Å². The molecule has 17 heteroatoms. The molecule has 48 heavy (non-hydrogen) atoms. The van der Waals surface area contributed by atoms with Gasteiger partial charge in [-0.25, -0.2) is 4.79 Å². The Morgan fingerprint density at radius 3 is 2.08 bits per heavy atom. The van der Waals surface area contributed by atoms with Crippen LogP contribution in [0.1, 0.15) is 60.3 Å². The first-order valence-corrected chi connectivity index (χ1v) is 15.1. The van der Waals surface area contributed by atoms with Crippen LogP contribution in [0.5, 0.6) is 5.75 Å². The number of carbonyl (C=O) groups excluding carboxylic acids is 7. The average Bonchev–Trinajstić information content (AvgIpc) is 2.99. The Balaban J connectivity index is 2.65. The molecule has 0 bridgehead atoms. The summed E-state index contributed by atoms with van der Waals surface area (Å²) in [6.07, 6.45) is -5.27. The number of hydrogen-bond donors (Lipinski definition) is 3. The second-order valence-electron chi connectivity index (χ2n) is 10.9. The molecule has 1 saturated heterocycles. The van der Waals surface area contributed by atoms with E-state index >= 15 is 0 Å². The van der Waals surface area contributed by atoms with Crippen molar-refractivity contribution < 1.29 is 66.7 Å². The maximum Gasteiger partial charge on any atom is 0.379 e. The van der Waals surface area contributed by atoms with Crippen molar-refractivity contribution >= 4 is 47.3 Å². The summed E-state index contributed by atoms with van der Waals surface area (Å²) in [5.74, 6) is -7.75. The minimum absolute atomic E-state index is 0.0281. The number of nitrogens with one attached hydrogen (secondary N) is 2. The molecule has 0 aromatic heterocycles. The second-order valence-corrected chi connectivity index (χ2v) is 10.9. The molecular weight excluding hydrogens is 638 g/mol. The third kappa shape index (κ3) is 12.1. The van der Waals surface area contributed by atoms with Crippen molar-refractivity contribution in [1.82, 2.24) is 5.32 Å². The highest BCUT2D eigenvalue weighted by molar-refractivity contribution is 5.90. The van der Waals surface area contributed by atoms with Crippen LogP contribution in [0.25, 0.3) is 0 Å². The van der Waals surface area contributed by atoms with Crippen molar-refractivity contribution in [3.8, 4) is 5.75 Å². The van der Waals surface area contributed by atoms with E-state index in [4.69, 9.17) is 38.9 Å². The van der Waals surface area contributed by atoms with Crippen molar-refractivity contribution in [3.63, 3.8) is 0 Å². The number of esters is 5. The van der Waals surface area contributed by atoms with Crippen LogP contribution in [0.4, 0.5) is 5.69 Å². The molecule has 1 aromatic rings. The molecule has 6 atom stereocenters. The van der Waals surface area contributed by atoms with E-state index in [0.717, 1.165) is 41.7 Å². The lowest BCUT2D eigenvalue weighted by atomic mass is 9.88. The molecule has 0 spiro atoms. The minimum Gasteiger partial charge on any atom is -0.464 e. The number of ether oxygens (including phenoxy) is 7. The van der Waals surface area contributed by atoms with Gasteiger partial charge in [0.05, 0.1) is 19.6 Å². The summed E-state index contributed by atoms with van der Waals surface area (Å²) >= 11 is 0. The molecule has 1 aliphatic heterocycles. The van der Waals surface area contributed by atoms with Gasteiger partial charge in [-0.15, -0.1) is 0 Å². The van der Waals surface area contributed by atoms with Gasteiger partial charge < -0.3 is 49.5 Å². The van der Waals surface area contributed by atoms with Crippen molar-refractivity contribution in [1.29, 1.82) is 0 Å². The van der Waals surface area contributed by atoms with Crippen LogP contribution in [0, 0.1) is 0 Å². The molecule has 4 N–H and O–H groups in total. The molecular formula is C31H43N3O14. The largest absolute Gasteiger partial charge is 0.464 e. The maximum absolute atomic E-state index is 13.5. The van der Waals surface area contributed by atoms with Gasteiger partial charge in [-0.2, -0.15) is 0 Å². The highest BCUT2D eigenvalue weighted by Crippen LogP contribution is 2.38. The van der Waals surface area contributed by atoms with Gasteiger partial charge >= 0.3 is 35.6 Å². The van der Waals surface area contributed by atoms with Crippen molar-refractivity contribution in [2.75, 3.05) is 25.6 Å². The molecule has 0 unspecified atom stereocenters. The lowest BCUT2D eigenvalue weighted by Gasteiger charge is -2.48. The minimum atomic E-state index is -2.43. The van der Waals surface area contributed by atoms with E-state index in [9.17, 15) is 33.6 Å². The lowest BCUT2D eigenvalue weighted by molar-refractivity contribution is -0.289. The van der Waals surface area contributed by atoms with Crippen LogP contribution in [0.2, 0.25) is 0 Å². The number of hydrogen-bond acceptors (Lipinski definition) is 15. The van der Waals surface area contributed by atoms with Crippen LogP contribution in [-0.4, -0.2) is 98.2 Å². The van der Waals surface area contributed by atoms with E-state index in [-0.39, 0.29) is 18.1 Å². The number of anilines is 1. The monoisotopic (exact) mass is 681 g/mol. The Hall–Kier alpha value is -4.77. The fraction of sp³-hybridized carbons (Fsp3) is 0.581. The zero-order chi connectivity index (χ0) is 36.0. The Kier molecular flexibility index (Phi) is 15.2. The molecule has 1 heterocycles. The first kappa shape index (κ1) is 39.4. The van der Waals surface area contributed by atoms with E-state index in [1.165, 1.54) is 24.3 Å². The molecule has 266 valence electrons. The summed E-state index contributed by atoms with van der Waals surface area (Å²) in [5, 5.41) is 5.32. The van der Waals surface area contributed by atoms with Crippen LogP contribution in [0.3, 0.4) is 0 Å². The number of methoxy groups -OCH3 is 1. The smallest absolute Gasteiger partial charge is 0.379 e. The fourth-order valence-corrected chi connectivity index (χ4v) is 4.95. The highest BCUT2D eigenvalue weighted by atomic mass is 16.7. The normalized spacial score (nSPS) is 21.4. The van der Waals surface area contributed by atoms with Crippen molar-refractivity contribution in [2.24, 2.45) is 5.73 Å². The maximum atomic E-state index is 13.5. The summed E-state index contributed by atoms with van der Waals surface area (Å²) < 4.78 is 38.8. The SMILES string of the molecule is COC(=O)[C@@]1(Oc2ccc(NC(=O)CCCCN)cc2)C[C@H](OC(C)=O)[C@@H](NC(C)=O)[C@H]([C@H](OC(C)=O)[C@@H](COC(C)=O)OC(C)=O)O1. The van der Waals surface area contributed by atoms with Gasteiger partial charge in [-0.1, -0.05) is 0 Å². The number of amides is 2. The fourth-order valence-electron chi connectivity index (χ4n) is 4.95. The highest BCUT2D eigenvalue weighted by Gasteiger charge is 2.60. The van der Waals surface area contributed by atoms with Crippen LogP contribution in [0.15, 0.2) is 24.3 Å². The second kappa shape index (κ2) is 18.5. The number of carbonyl (C=O) groups is 7. The van der Waals surface area contributed by atoms with E-state index in [0.29, 0.717) is 25.1 Å². The van der Waals surface area contributed by atoms with E-state index in [1.807, 2.05) is 0 Å². The van der Waals surface area contributed by atoms with Crippen LogP contribution >= 0.6 is 0 Å². The molecule has 0 saturated carbocycles. The summed E-state index contributed by atoms with van der Waals surface area (Å²) in [6, 6.07) is 4.51. The zero-order valence-electron chi connectivity index (χ0n) is 27.7. The van der Waals surface area contributed by atoms with Gasteiger partial charge in [0.1, 0.15) is 24.6 Å². The Morgan fingerprint density at radius 2 is 1.56 bits per heavy atom. The molecule has 0 radical (unpaired) electrons. The predicted molar refractivity (Wildman–Crippen MR) is 164 cm³/mol. The van der Waals surface area contributed by atoms with Gasteiger partial charge in [0.25, 0.3) is 0 Å². The topological polar surface area (TPSA) is 234 Å². The molecule has 1 aliphatic rings. The van der Waals surface area contributed by atoms with Crippen molar-refractivity contribution in [2.45, 2.75) is 96.5 Å². The first-order chi connectivity index (χ1) is 22.6. The molecule has 17 nitrogen and oxygen atoms in total. The van der Waals surface area contributed by atoms with Gasteiger partial charge in [-0.3, -0.25) is 28.8 Å². The molecule has 1 fully saturated rings. The lowest BCUT2D eigenvalue weighted by Crippen LogP contribution is -2.70. The molecule has 0 aliphatic carbocycles. The number of unbranched alkanes of at least 4 members (excludes halogenated alkanes) is 1. The number of rotatable bonds is 16. The average molecular weight is 682 g/mol. The Bertz CT molecular complexity index is 1320. The van der Waals surface area contributed by atoms with Gasteiger partial charge in [0.2, 0.25) is 11.8 Å². The van der Waals surface area contributed by atoms with Crippen LogP contribution in [-0.2, 0) is 62.0 Å². The Morgan fingerprint density at radius 1 is 0.917 bits per heavy atom. The summed E-state index contributed by atoms with van der Waals surface area (Å²) in [7, 11) is 1.04. The predicted octanol–water partition coefficient (Wildman–Crippen LogP) is 0.654. The number of benzene rings is 1. The quantitative estimate of drug-likeness (QED) is 0.123. The molecule has 2 amide bonds. The van der Waals surface area contributed by atoms with E-state index in [2.05, 4.69) is 10.6 Å².